The molecule has 1 aliphatic rings. The number of aromatic nitrogens is 4. The average Bonchev–Trinajstić information content (AvgIpc) is 3.36. The molecule has 2 atom stereocenters. The van der Waals surface area contributed by atoms with Crippen molar-refractivity contribution in [2.24, 2.45) is 0 Å². The van der Waals surface area contributed by atoms with Gasteiger partial charge in [0.2, 0.25) is 5.91 Å². The van der Waals surface area contributed by atoms with E-state index in [1.165, 1.54) is 6.42 Å². The Hall–Kier alpha value is -2.32. The van der Waals surface area contributed by atoms with Gasteiger partial charge in [-0.1, -0.05) is 6.07 Å². The zero-order valence-electron chi connectivity index (χ0n) is 15.6. The molecule has 0 saturated carbocycles. The van der Waals surface area contributed by atoms with Gasteiger partial charge < -0.3 is 4.90 Å². The van der Waals surface area contributed by atoms with E-state index in [1.807, 2.05) is 48.4 Å². The lowest BCUT2D eigenvalue weighted by atomic mass is 10.1. The molecule has 4 rings (SSSR count). The van der Waals surface area contributed by atoms with Gasteiger partial charge in [-0.25, -0.2) is 0 Å². The third kappa shape index (κ3) is 3.72. The minimum Gasteiger partial charge on any atom is -0.341 e. The molecular weight excluding hydrogens is 360 g/mol. The minimum absolute atomic E-state index is 0.0586. The van der Waals surface area contributed by atoms with Crippen molar-refractivity contribution in [3.63, 3.8) is 0 Å². The van der Waals surface area contributed by atoms with Gasteiger partial charge in [-0.05, 0) is 56.7 Å². The Morgan fingerprint density at radius 2 is 1.96 bits per heavy atom. The number of likely N-dealkylation sites (tertiary alicyclic amines) is 1. The largest absolute Gasteiger partial charge is 0.341 e. The second-order valence-electron chi connectivity index (χ2n) is 7.03. The van der Waals surface area contributed by atoms with E-state index >= 15 is 0 Å². The number of thiophene rings is 1. The Bertz CT molecular complexity index is 916. The van der Waals surface area contributed by atoms with Gasteiger partial charge in [0.15, 0.2) is 11.5 Å². The molecule has 1 saturated heterocycles. The summed E-state index contributed by atoms with van der Waals surface area (Å²) in [7, 11) is 0. The van der Waals surface area contributed by atoms with Crippen molar-refractivity contribution < 1.29 is 4.79 Å². The summed E-state index contributed by atoms with van der Waals surface area (Å²) >= 11 is 1.61. The SMILES string of the molecule is CC(NC(C)c1ccc2nnc(-c3cccs3)n2n1)C(=O)N1CCCCC1. The van der Waals surface area contributed by atoms with E-state index < -0.39 is 0 Å². The molecule has 0 aromatic carbocycles. The van der Waals surface area contributed by atoms with Crippen molar-refractivity contribution >= 4 is 22.9 Å². The Labute approximate surface area is 162 Å². The number of rotatable bonds is 5. The molecule has 27 heavy (non-hydrogen) atoms. The summed E-state index contributed by atoms with van der Waals surface area (Å²) in [6.07, 6.45) is 3.42. The normalized spacial score (nSPS) is 17.2. The summed E-state index contributed by atoms with van der Waals surface area (Å²) in [6, 6.07) is 7.56. The molecule has 0 spiro atoms. The Kier molecular flexibility index (Phi) is 5.18. The predicted octanol–water partition coefficient (Wildman–Crippen LogP) is 2.90. The second-order valence-corrected chi connectivity index (χ2v) is 7.97. The van der Waals surface area contributed by atoms with Crippen LogP contribution in [0.25, 0.3) is 16.3 Å². The molecule has 0 radical (unpaired) electrons. The van der Waals surface area contributed by atoms with Gasteiger partial charge in [-0.2, -0.15) is 9.61 Å². The molecule has 1 N–H and O–H groups in total. The first kappa shape index (κ1) is 18.1. The monoisotopic (exact) mass is 384 g/mol. The highest BCUT2D eigenvalue weighted by molar-refractivity contribution is 7.13. The van der Waals surface area contributed by atoms with Gasteiger partial charge in [-0.15, -0.1) is 21.5 Å². The van der Waals surface area contributed by atoms with E-state index in [2.05, 4.69) is 15.5 Å². The van der Waals surface area contributed by atoms with E-state index in [0.717, 1.165) is 42.3 Å². The van der Waals surface area contributed by atoms with Crippen LogP contribution < -0.4 is 5.32 Å². The summed E-state index contributed by atoms with van der Waals surface area (Å²) in [6.45, 7) is 5.70. The smallest absolute Gasteiger partial charge is 0.239 e. The third-order valence-corrected chi connectivity index (χ3v) is 5.87. The highest BCUT2D eigenvalue weighted by atomic mass is 32.1. The van der Waals surface area contributed by atoms with Crippen molar-refractivity contribution in [2.75, 3.05) is 13.1 Å². The van der Waals surface area contributed by atoms with Gasteiger partial charge in [0.1, 0.15) is 0 Å². The van der Waals surface area contributed by atoms with Crippen molar-refractivity contribution in [2.45, 2.75) is 45.2 Å². The van der Waals surface area contributed by atoms with Crippen molar-refractivity contribution in [1.29, 1.82) is 0 Å². The lowest BCUT2D eigenvalue weighted by Crippen LogP contribution is -2.47. The molecule has 3 aromatic heterocycles. The molecule has 0 bridgehead atoms. The van der Waals surface area contributed by atoms with Crippen molar-refractivity contribution in [3.8, 4) is 10.7 Å². The van der Waals surface area contributed by atoms with Crippen LogP contribution in [-0.4, -0.2) is 49.7 Å². The molecule has 1 amide bonds. The third-order valence-electron chi connectivity index (χ3n) is 5.01. The van der Waals surface area contributed by atoms with Gasteiger partial charge >= 0.3 is 0 Å². The maximum Gasteiger partial charge on any atom is 0.239 e. The fourth-order valence-corrected chi connectivity index (χ4v) is 4.21. The first-order valence-corrected chi connectivity index (χ1v) is 10.3. The quantitative estimate of drug-likeness (QED) is 0.732. The molecule has 1 aliphatic heterocycles. The zero-order chi connectivity index (χ0) is 18.8. The molecule has 142 valence electrons. The van der Waals surface area contributed by atoms with E-state index in [4.69, 9.17) is 5.10 Å². The zero-order valence-corrected chi connectivity index (χ0v) is 16.4. The van der Waals surface area contributed by atoms with E-state index in [9.17, 15) is 4.79 Å². The number of carbonyl (C=O) groups is 1. The highest BCUT2D eigenvalue weighted by Crippen LogP contribution is 2.23. The summed E-state index contributed by atoms with van der Waals surface area (Å²) in [5.74, 6) is 0.915. The van der Waals surface area contributed by atoms with Gasteiger partial charge in [0.25, 0.3) is 0 Å². The van der Waals surface area contributed by atoms with Crippen LogP contribution in [0.15, 0.2) is 29.6 Å². The average molecular weight is 385 g/mol. The number of nitrogens with one attached hydrogen (secondary N) is 1. The fraction of sp³-hybridized carbons (Fsp3) is 0.474. The highest BCUT2D eigenvalue weighted by Gasteiger charge is 2.24. The summed E-state index contributed by atoms with van der Waals surface area (Å²) in [4.78, 5) is 15.7. The van der Waals surface area contributed by atoms with Crippen LogP contribution in [0.1, 0.15) is 44.8 Å². The van der Waals surface area contributed by atoms with Crippen LogP contribution in [0.4, 0.5) is 0 Å². The molecule has 2 unspecified atom stereocenters. The van der Waals surface area contributed by atoms with Crippen molar-refractivity contribution in [1.82, 2.24) is 30.0 Å². The van der Waals surface area contributed by atoms with Crippen LogP contribution >= 0.6 is 11.3 Å². The van der Waals surface area contributed by atoms with E-state index in [1.54, 1.807) is 15.9 Å². The molecule has 7 nitrogen and oxygen atoms in total. The number of hydrogen-bond donors (Lipinski definition) is 1. The summed E-state index contributed by atoms with van der Waals surface area (Å²) in [5.41, 5.74) is 1.57. The molecule has 1 fully saturated rings. The fourth-order valence-electron chi connectivity index (χ4n) is 3.51. The van der Waals surface area contributed by atoms with Crippen LogP contribution in [0.5, 0.6) is 0 Å². The molecule has 0 aliphatic carbocycles. The van der Waals surface area contributed by atoms with Gasteiger partial charge in [0, 0.05) is 19.1 Å². The molecule has 8 heteroatoms. The lowest BCUT2D eigenvalue weighted by Gasteiger charge is -2.30. The number of hydrogen-bond acceptors (Lipinski definition) is 6. The number of piperidine rings is 1. The van der Waals surface area contributed by atoms with Gasteiger partial charge in [0.05, 0.1) is 16.6 Å². The molecule has 4 heterocycles. The lowest BCUT2D eigenvalue weighted by molar-refractivity contribution is -0.134. The van der Waals surface area contributed by atoms with Crippen LogP contribution in [0.3, 0.4) is 0 Å². The maximum absolute atomic E-state index is 12.7. The second kappa shape index (κ2) is 7.74. The predicted molar refractivity (Wildman–Crippen MR) is 106 cm³/mol. The van der Waals surface area contributed by atoms with Crippen LogP contribution in [0, 0.1) is 0 Å². The Balaban J connectivity index is 1.51. The number of fused-ring (bicyclic) bond motifs is 1. The molecule has 3 aromatic rings. The van der Waals surface area contributed by atoms with E-state index in [-0.39, 0.29) is 18.0 Å². The minimum atomic E-state index is -0.242. The van der Waals surface area contributed by atoms with E-state index in [0.29, 0.717) is 5.65 Å². The van der Waals surface area contributed by atoms with Gasteiger partial charge in [-0.3, -0.25) is 10.1 Å². The van der Waals surface area contributed by atoms with Crippen LogP contribution in [0.2, 0.25) is 0 Å². The van der Waals surface area contributed by atoms with Crippen molar-refractivity contribution in [3.05, 3.63) is 35.3 Å². The maximum atomic E-state index is 12.7. The van der Waals surface area contributed by atoms with Crippen LogP contribution in [-0.2, 0) is 4.79 Å². The first-order chi connectivity index (χ1) is 13.1. The molecular formula is C19H24N6OS. The standard InChI is InChI=1S/C19H24N6OS/c1-13(20-14(2)19(26)24-10-4-3-5-11-24)15-8-9-17-21-22-18(25(17)23-15)16-7-6-12-27-16/h6-9,12-14,20H,3-5,10-11H2,1-2H3. The Morgan fingerprint density at radius 3 is 2.70 bits per heavy atom. The number of nitrogens with zero attached hydrogens (tertiary/aromatic N) is 5. The summed E-state index contributed by atoms with van der Waals surface area (Å²) < 4.78 is 1.77. The first-order valence-electron chi connectivity index (χ1n) is 9.44. The number of carbonyl (C=O) groups excluding carboxylic acids is 1. The number of amides is 1. The topological polar surface area (TPSA) is 75.4 Å². The Morgan fingerprint density at radius 1 is 1.15 bits per heavy atom. The summed E-state index contributed by atoms with van der Waals surface area (Å²) in [5, 5.41) is 18.6.